The van der Waals surface area contributed by atoms with Gasteiger partial charge in [-0.2, -0.15) is 0 Å². The summed E-state index contributed by atoms with van der Waals surface area (Å²) in [5, 5.41) is 6.24. The number of amides is 2. The van der Waals surface area contributed by atoms with Gasteiger partial charge in [0.05, 0.1) is 7.11 Å². The number of carbonyl (C=O) groups excluding carboxylic acids is 2. The third-order valence-electron chi connectivity index (χ3n) is 6.69. The van der Waals surface area contributed by atoms with Gasteiger partial charge in [0.25, 0.3) is 5.56 Å². The summed E-state index contributed by atoms with van der Waals surface area (Å²) < 4.78 is 13.1. The first-order valence-electron chi connectivity index (χ1n) is 12.3. The lowest BCUT2D eigenvalue weighted by molar-refractivity contribution is -0.122. The number of carbonyl (C=O) groups is 2. The lowest BCUT2D eigenvalue weighted by Gasteiger charge is -2.14. The van der Waals surface area contributed by atoms with Crippen LogP contribution < -0.4 is 26.6 Å². The third kappa shape index (κ3) is 5.00. The highest BCUT2D eigenvalue weighted by atomic mass is 16.5. The van der Waals surface area contributed by atoms with Crippen molar-refractivity contribution in [2.24, 2.45) is 0 Å². The number of rotatable bonds is 8. The van der Waals surface area contributed by atoms with E-state index in [2.05, 4.69) is 10.6 Å². The highest BCUT2D eigenvalue weighted by Crippen LogP contribution is 2.25. The fourth-order valence-electron chi connectivity index (χ4n) is 4.85. The summed E-state index contributed by atoms with van der Waals surface area (Å²) in [6.45, 7) is -0.580. The van der Waals surface area contributed by atoms with Crippen LogP contribution in [-0.2, 0) is 29.2 Å². The zero-order valence-electron chi connectivity index (χ0n) is 20.5. The highest BCUT2D eigenvalue weighted by molar-refractivity contribution is 6.02. The lowest BCUT2D eigenvalue weighted by atomic mass is 10.2. The molecule has 37 heavy (non-hydrogen) atoms. The molecule has 2 N–H and O–H groups in total. The zero-order valence-corrected chi connectivity index (χ0v) is 20.5. The van der Waals surface area contributed by atoms with Gasteiger partial charge in [-0.1, -0.05) is 37.1 Å². The van der Waals surface area contributed by atoms with Crippen molar-refractivity contribution in [2.45, 2.75) is 51.4 Å². The van der Waals surface area contributed by atoms with Crippen molar-refractivity contribution in [3.05, 3.63) is 74.9 Å². The Kier molecular flexibility index (Phi) is 6.80. The van der Waals surface area contributed by atoms with Gasteiger partial charge in [0, 0.05) is 18.0 Å². The first-order valence-corrected chi connectivity index (χ1v) is 12.3. The lowest BCUT2D eigenvalue weighted by Crippen LogP contribution is -2.46. The summed E-state index contributed by atoms with van der Waals surface area (Å²) in [4.78, 5) is 52.4. The Bertz CT molecular complexity index is 1590. The van der Waals surface area contributed by atoms with Gasteiger partial charge < -0.3 is 19.8 Å². The Balaban J connectivity index is 1.48. The Morgan fingerprint density at radius 3 is 2.54 bits per heavy atom. The minimum atomic E-state index is -0.748. The van der Waals surface area contributed by atoms with E-state index in [9.17, 15) is 19.2 Å². The molecule has 0 bridgehead atoms. The minimum absolute atomic E-state index is 0.0442. The molecule has 2 aromatic carbocycles. The van der Waals surface area contributed by atoms with E-state index in [4.69, 9.17) is 9.15 Å². The number of hydrogen-bond acceptors (Lipinski definition) is 6. The highest BCUT2D eigenvalue weighted by Gasteiger charge is 2.23. The van der Waals surface area contributed by atoms with E-state index >= 15 is 0 Å². The van der Waals surface area contributed by atoms with E-state index < -0.39 is 29.6 Å². The first kappa shape index (κ1) is 24.4. The van der Waals surface area contributed by atoms with Gasteiger partial charge in [0.2, 0.25) is 17.4 Å². The molecule has 0 spiro atoms. The maximum absolute atomic E-state index is 13.5. The number of ether oxygens (including phenoxy) is 1. The molecule has 1 aliphatic carbocycles. The van der Waals surface area contributed by atoms with Gasteiger partial charge in [-0.3, -0.25) is 19.0 Å². The Labute approximate surface area is 211 Å². The number of methoxy groups -OCH3 is 1. The number of nitrogens with zero attached hydrogens (tertiary/aromatic N) is 2. The van der Waals surface area contributed by atoms with Gasteiger partial charge in [0.15, 0.2) is 0 Å². The second-order valence-corrected chi connectivity index (χ2v) is 9.21. The second-order valence-electron chi connectivity index (χ2n) is 9.21. The molecule has 4 aromatic rings. The van der Waals surface area contributed by atoms with Gasteiger partial charge in [0.1, 0.15) is 29.9 Å². The predicted octanol–water partition coefficient (Wildman–Crippen LogP) is 2.29. The predicted molar refractivity (Wildman–Crippen MR) is 137 cm³/mol. The van der Waals surface area contributed by atoms with Crippen LogP contribution in [0, 0.1) is 0 Å². The molecular weight excluding hydrogens is 476 g/mol. The molecule has 5 rings (SSSR count). The molecule has 0 radical (unpaired) electrons. The van der Waals surface area contributed by atoms with Crippen LogP contribution in [0.1, 0.15) is 31.2 Å². The van der Waals surface area contributed by atoms with Crippen molar-refractivity contribution < 1.29 is 18.7 Å². The molecule has 2 amide bonds. The zero-order chi connectivity index (χ0) is 25.9. The fourth-order valence-corrected chi connectivity index (χ4v) is 4.85. The molecule has 0 saturated heterocycles. The van der Waals surface area contributed by atoms with Crippen molar-refractivity contribution in [1.82, 2.24) is 19.8 Å². The summed E-state index contributed by atoms with van der Waals surface area (Å²) in [6.07, 6.45) is 3.82. The van der Waals surface area contributed by atoms with Crippen molar-refractivity contribution in [3.63, 3.8) is 0 Å². The third-order valence-corrected chi connectivity index (χ3v) is 6.69. The fraction of sp³-hybridized carbons (Fsp3) is 0.333. The molecule has 2 aromatic heterocycles. The number of benzene rings is 2. The quantitative estimate of drug-likeness (QED) is 0.379. The average molecular weight is 505 g/mol. The largest absolute Gasteiger partial charge is 0.497 e. The van der Waals surface area contributed by atoms with E-state index in [0.29, 0.717) is 16.7 Å². The number of furan rings is 1. The van der Waals surface area contributed by atoms with Gasteiger partial charge in [-0.25, -0.2) is 9.36 Å². The van der Waals surface area contributed by atoms with Crippen LogP contribution in [-0.4, -0.2) is 34.1 Å². The molecule has 1 aliphatic rings. The van der Waals surface area contributed by atoms with E-state index in [-0.39, 0.29) is 30.2 Å². The average Bonchev–Trinajstić information content (AvgIpc) is 3.56. The minimum Gasteiger partial charge on any atom is -0.497 e. The number of nitrogens with one attached hydrogen (secondary N) is 2. The molecule has 2 heterocycles. The van der Waals surface area contributed by atoms with Crippen molar-refractivity contribution in [2.75, 3.05) is 7.11 Å². The molecule has 0 aliphatic heterocycles. The van der Waals surface area contributed by atoms with Crippen LogP contribution in [0.2, 0.25) is 0 Å². The Morgan fingerprint density at radius 1 is 1.00 bits per heavy atom. The normalized spacial score (nSPS) is 13.8. The molecule has 0 atom stereocenters. The molecule has 0 unspecified atom stereocenters. The standard InChI is InChI=1S/C27H28N4O6/c1-36-19-10-6-7-17(13-19)14-28-22(32)15-30-24-20-11-4-5-12-21(20)37-25(24)26(34)31(27(30)35)16-23(33)29-18-8-2-3-9-18/h4-7,10-13,18H,2-3,8-9,14-16H2,1H3,(H,28,32)(H,29,33). The molecule has 1 fully saturated rings. The van der Waals surface area contributed by atoms with E-state index in [0.717, 1.165) is 35.8 Å². The summed E-state index contributed by atoms with van der Waals surface area (Å²) in [5.41, 5.74) is -0.0576. The van der Waals surface area contributed by atoms with Crippen LogP contribution in [0.4, 0.5) is 0 Å². The van der Waals surface area contributed by atoms with Crippen molar-refractivity contribution >= 4 is 33.9 Å². The molecule has 10 heteroatoms. The SMILES string of the molecule is COc1cccc(CNC(=O)Cn2c(=O)n(CC(=O)NC3CCCC3)c(=O)c3oc4ccccc4c32)c1. The van der Waals surface area contributed by atoms with Gasteiger partial charge in [-0.05, 0) is 42.7 Å². The Hall–Kier alpha value is -4.34. The molecule has 192 valence electrons. The molecule has 10 nitrogen and oxygen atoms in total. The Morgan fingerprint density at radius 2 is 1.76 bits per heavy atom. The smallest absolute Gasteiger partial charge is 0.332 e. The van der Waals surface area contributed by atoms with Crippen molar-refractivity contribution in [3.8, 4) is 5.75 Å². The summed E-state index contributed by atoms with van der Waals surface area (Å²) in [6, 6.07) is 14.2. The summed E-state index contributed by atoms with van der Waals surface area (Å²) in [7, 11) is 1.56. The first-order chi connectivity index (χ1) is 17.9. The van der Waals surface area contributed by atoms with Crippen LogP contribution in [0.15, 0.2) is 62.5 Å². The monoisotopic (exact) mass is 504 g/mol. The van der Waals surface area contributed by atoms with Crippen LogP contribution in [0.3, 0.4) is 0 Å². The number of aromatic nitrogens is 2. The summed E-state index contributed by atoms with van der Waals surface area (Å²) >= 11 is 0. The maximum Gasteiger partial charge on any atom is 0.332 e. The van der Waals surface area contributed by atoms with Gasteiger partial charge >= 0.3 is 5.69 Å². The van der Waals surface area contributed by atoms with E-state index in [1.165, 1.54) is 4.57 Å². The van der Waals surface area contributed by atoms with Gasteiger partial charge in [-0.15, -0.1) is 0 Å². The van der Waals surface area contributed by atoms with E-state index in [1.54, 1.807) is 43.5 Å². The number of fused-ring (bicyclic) bond motifs is 3. The summed E-state index contributed by atoms with van der Waals surface area (Å²) in [5.74, 6) is -0.190. The molecule has 1 saturated carbocycles. The number of para-hydroxylation sites is 1. The van der Waals surface area contributed by atoms with Crippen LogP contribution in [0.5, 0.6) is 5.75 Å². The van der Waals surface area contributed by atoms with Crippen molar-refractivity contribution in [1.29, 1.82) is 0 Å². The van der Waals surface area contributed by atoms with E-state index in [1.807, 2.05) is 12.1 Å². The van der Waals surface area contributed by atoms with Crippen LogP contribution in [0.25, 0.3) is 22.1 Å². The molecular formula is C27H28N4O6. The maximum atomic E-state index is 13.5. The number of hydrogen-bond donors (Lipinski definition) is 2. The van der Waals surface area contributed by atoms with Crippen LogP contribution >= 0.6 is 0 Å². The topological polar surface area (TPSA) is 125 Å². The second kappa shape index (κ2) is 10.3.